The molecule has 0 spiro atoms. The third kappa shape index (κ3) is 1.95. The van der Waals surface area contributed by atoms with Gasteiger partial charge in [0.15, 0.2) is 0 Å². The molecule has 1 aliphatic rings. The molecule has 0 radical (unpaired) electrons. The first-order chi connectivity index (χ1) is 7.70. The Balaban J connectivity index is 2.28. The molecule has 82 valence electrons. The summed E-state index contributed by atoms with van der Waals surface area (Å²) in [5.74, 6) is 0.370. The fourth-order valence-corrected chi connectivity index (χ4v) is 1.39. The normalized spacial score (nSPS) is 17.2. The van der Waals surface area contributed by atoms with Crippen molar-refractivity contribution in [1.82, 2.24) is 0 Å². The molecule has 1 aromatic rings. The summed E-state index contributed by atoms with van der Waals surface area (Å²) in [6, 6.07) is 7.40. The highest BCUT2D eigenvalue weighted by molar-refractivity contribution is 6.24. The lowest BCUT2D eigenvalue weighted by Crippen LogP contribution is -2.01. The number of methoxy groups -OCH3 is 1. The van der Waals surface area contributed by atoms with Crippen LogP contribution in [0, 0.1) is 0 Å². The number of hydrogen-bond acceptors (Lipinski definition) is 4. The quantitative estimate of drug-likeness (QED) is 0.562. The van der Waals surface area contributed by atoms with Gasteiger partial charge in [-0.3, -0.25) is 0 Å². The average molecular weight is 217 g/mol. The van der Waals surface area contributed by atoms with Crippen molar-refractivity contribution in [2.24, 2.45) is 5.16 Å². The molecule has 0 aromatic heterocycles. The standard InChI is InChI=1S/C12H11NO3/c1-8-11(12(14)16-13-8)7-9-3-5-10(15-2)6-4-9/h3-7H,1-2H3/b11-7+. The minimum absolute atomic E-state index is 0.409. The number of benzene rings is 1. The molecule has 1 aromatic carbocycles. The van der Waals surface area contributed by atoms with E-state index in [-0.39, 0.29) is 0 Å². The Morgan fingerprint density at radius 1 is 1.31 bits per heavy atom. The summed E-state index contributed by atoms with van der Waals surface area (Å²) >= 11 is 0. The van der Waals surface area contributed by atoms with Crippen LogP contribution in [0.15, 0.2) is 35.0 Å². The van der Waals surface area contributed by atoms with Crippen molar-refractivity contribution in [3.63, 3.8) is 0 Å². The van der Waals surface area contributed by atoms with E-state index in [0.717, 1.165) is 11.3 Å². The molecule has 2 rings (SSSR count). The van der Waals surface area contributed by atoms with Gasteiger partial charge < -0.3 is 9.57 Å². The molecule has 0 saturated heterocycles. The smallest absolute Gasteiger partial charge is 0.367 e. The molecule has 0 bridgehead atoms. The Morgan fingerprint density at radius 3 is 2.50 bits per heavy atom. The van der Waals surface area contributed by atoms with E-state index < -0.39 is 5.97 Å². The second-order valence-corrected chi connectivity index (χ2v) is 3.39. The van der Waals surface area contributed by atoms with Gasteiger partial charge in [-0.25, -0.2) is 4.79 Å². The zero-order valence-corrected chi connectivity index (χ0v) is 9.06. The summed E-state index contributed by atoms with van der Waals surface area (Å²) in [4.78, 5) is 15.8. The minimum atomic E-state index is -0.409. The van der Waals surface area contributed by atoms with Crippen LogP contribution in [-0.4, -0.2) is 18.8 Å². The molecule has 0 unspecified atom stereocenters. The highest BCUT2D eigenvalue weighted by Gasteiger charge is 2.21. The molecule has 0 amide bonds. The molecule has 0 saturated carbocycles. The van der Waals surface area contributed by atoms with Crippen molar-refractivity contribution in [2.75, 3.05) is 7.11 Å². The summed E-state index contributed by atoms with van der Waals surface area (Å²) < 4.78 is 5.05. The zero-order chi connectivity index (χ0) is 11.5. The number of carbonyl (C=O) groups is 1. The summed E-state index contributed by atoms with van der Waals surface area (Å²) in [7, 11) is 1.61. The Labute approximate surface area is 93.2 Å². The van der Waals surface area contributed by atoms with Gasteiger partial charge in [-0.2, -0.15) is 0 Å². The summed E-state index contributed by atoms with van der Waals surface area (Å²) in [6.07, 6.45) is 1.74. The largest absolute Gasteiger partial charge is 0.497 e. The SMILES string of the molecule is COc1ccc(/C=C2/C(=O)ON=C2C)cc1. The highest BCUT2D eigenvalue weighted by Crippen LogP contribution is 2.17. The van der Waals surface area contributed by atoms with Crippen LogP contribution in [0.4, 0.5) is 0 Å². The maximum Gasteiger partial charge on any atom is 0.367 e. The molecule has 1 aliphatic heterocycles. The fraction of sp³-hybridized carbons (Fsp3) is 0.167. The van der Waals surface area contributed by atoms with Crippen LogP contribution >= 0.6 is 0 Å². The second-order valence-electron chi connectivity index (χ2n) is 3.39. The average Bonchev–Trinajstić information content (AvgIpc) is 2.62. The topological polar surface area (TPSA) is 47.9 Å². The monoisotopic (exact) mass is 217 g/mol. The minimum Gasteiger partial charge on any atom is -0.497 e. The van der Waals surface area contributed by atoms with E-state index in [0.29, 0.717) is 11.3 Å². The number of carbonyl (C=O) groups excluding carboxylic acids is 1. The van der Waals surface area contributed by atoms with Crippen LogP contribution in [-0.2, 0) is 9.63 Å². The predicted molar refractivity (Wildman–Crippen MR) is 60.2 cm³/mol. The Kier molecular flexibility index (Phi) is 2.72. The van der Waals surface area contributed by atoms with Crippen LogP contribution in [0.3, 0.4) is 0 Å². The van der Waals surface area contributed by atoms with E-state index in [1.165, 1.54) is 0 Å². The van der Waals surface area contributed by atoms with Gasteiger partial charge in [0.05, 0.1) is 18.4 Å². The number of oxime groups is 1. The first kappa shape index (κ1) is 10.4. The van der Waals surface area contributed by atoms with E-state index in [2.05, 4.69) is 9.99 Å². The number of ether oxygens (including phenoxy) is 1. The van der Waals surface area contributed by atoms with Gasteiger partial charge in [0.2, 0.25) is 0 Å². The molecule has 4 nitrogen and oxygen atoms in total. The number of hydrogen-bond donors (Lipinski definition) is 0. The maximum atomic E-state index is 11.3. The van der Waals surface area contributed by atoms with Gasteiger partial charge >= 0.3 is 5.97 Å². The lowest BCUT2D eigenvalue weighted by Gasteiger charge is -1.99. The number of nitrogens with zero attached hydrogens (tertiary/aromatic N) is 1. The molecule has 0 atom stereocenters. The van der Waals surface area contributed by atoms with Crippen LogP contribution in [0.2, 0.25) is 0 Å². The van der Waals surface area contributed by atoms with E-state index in [9.17, 15) is 4.79 Å². The summed E-state index contributed by atoms with van der Waals surface area (Å²) in [5, 5.41) is 3.60. The third-order valence-electron chi connectivity index (χ3n) is 2.30. The Bertz CT molecular complexity index is 472. The molecule has 1 heterocycles. The van der Waals surface area contributed by atoms with Crippen LogP contribution in [0.25, 0.3) is 6.08 Å². The molecule has 0 N–H and O–H groups in total. The van der Waals surface area contributed by atoms with Gasteiger partial charge in [-0.15, -0.1) is 0 Å². The zero-order valence-electron chi connectivity index (χ0n) is 9.06. The fourth-order valence-electron chi connectivity index (χ4n) is 1.39. The van der Waals surface area contributed by atoms with Crippen molar-refractivity contribution in [3.8, 4) is 5.75 Å². The van der Waals surface area contributed by atoms with Gasteiger partial charge in [0, 0.05) is 0 Å². The van der Waals surface area contributed by atoms with E-state index in [1.807, 2.05) is 24.3 Å². The molecular formula is C12H11NO3. The predicted octanol–water partition coefficient (Wildman–Crippen LogP) is 2.01. The van der Waals surface area contributed by atoms with Crippen molar-refractivity contribution in [1.29, 1.82) is 0 Å². The Hall–Kier alpha value is -2.10. The first-order valence-electron chi connectivity index (χ1n) is 4.83. The first-order valence-corrected chi connectivity index (χ1v) is 4.83. The maximum absolute atomic E-state index is 11.3. The summed E-state index contributed by atoms with van der Waals surface area (Å²) in [6.45, 7) is 1.74. The van der Waals surface area contributed by atoms with Crippen molar-refractivity contribution >= 4 is 17.8 Å². The van der Waals surface area contributed by atoms with Crippen LogP contribution in [0.5, 0.6) is 5.75 Å². The van der Waals surface area contributed by atoms with Crippen LogP contribution < -0.4 is 4.74 Å². The second kappa shape index (κ2) is 4.18. The van der Waals surface area contributed by atoms with E-state index in [4.69, 9.17) is 4.74 Å². The molecule has 16 heavy (non-hydrogen) atoms. The molecule has 0 fully saturated rings. The Morgan fingerprint density at radius 2 is 2.00 bits per heavy atom. The van der Waals surface area contributed by atoms with E-state index in [1.54, 1.807) is 20.1 Å². The van der Waals surface area contributed by atoms with Crippen molar-refractivity contribution < 1.29 is 14.4 Å². The van der Waals surface area contributed by atoms with Crippen molar-refractivity contribution in [2.45, 2.75) is 6.92 Å². The summed E-state index contributed by atoms with van der Waals surface area (Å²) in [5.41, 5.74) is 2.00. The number of rotatable bonds is 2. The van der Waals surface area contributed by atoms with Gasteiger partial charge in [-0.1, -0.05) is 17.3 Å². The highest BCUT2D eigenvalue weighted by atomic mass is 16.7. The molecule has 0 aliphatic carbocycles. The molecule has 4 heteroatoms. The third-order valence-corrected chi connectivity index (χ3v) is 2.30. The van der Waals surface area contributed by atoms with Gasteiger partial charge in [0.25, 0.3) is 0 Å². The molecular weight excluding hydrogens is 206 g/mol. The van der Waals surface area contributed by atoms with Crippen LogP contribution in [0.1, 0.15) is 12.5 Å². The van der Waals surface area contributed by atoms with Gasteiger partial charge in [0.1, 0.15) is 5.75 Å². The van der Waals surface area contributed by atoms with Crippen molar-refractivity contribution in [3.05, 3.63) is 35.4 Å². The van der Waals surface area contributed by atoms with Gasteiger partial charge in [-0.05, 0) is 30.7 Å². The van der Waals surface area contributed by atoms with E-state index >= 15 is 0 Å². The lowest BCUT2D eigenvalue weighted by molar-refractivity contribution is -0.136. The lowest BCUT2D eigenvalue weighted by atomic mass is 10.1.